The molecule has 3 aliphatic heterocycles. The van der Waals surface area contributed by atoms with Gasteiger partial charge in [-0.1, -0.05) is 20.6 Å². The van der Waals surface area contributed by atoms with Crippen LogP contribution in [-0.2, 0) is 14.4 Å². The number of likely N-dealkylation sites (tertiary alicyclic amines) is 3. The van der Waals surface area contributed by atoms with E-state index in [9.17, 15) is 17.1 Å². The van der Waals surface area contributed by atoms with Crippen LogP contribution in [0.15, 0.2) is 37.0 Å². The molecule has 3 aliphatic rings. The second-order valence-corrected chi connectivity index (χ2v) is 14.2. The van der Waals surface area contributed by atoms with E-state index in [-0.39, 0.29) is 60.2 Å². The van der Waals surface area contributed by atoms with Gasteiger partial charge in [0.25, 0.3) is 19.5 Å². The van der Waals surface area contributed by atoms with Crippen molar-refractivity contribution in [1.29, 1.82) is 0 Å². The number of nitrogens with zero attached hydrogens (tertiary/aromatic N) is 15. The summed E-state index contributed by atoms with van der Waals surface area (Å²) in [6.07, 6.45) is -14.3. The van der Waals surface area contributed by atoms with E-state index < -0.39 is 240 Å². The highest BCUT2D eigenvalue weighted by molar-refractivity contribution is 5.90. The zero-order chi connectivity index (χ0) is 93.8. The maximum Gasteiger partial charge on any atom is 0.302 e. The molecule has 0 bridgehead atoms. The van der Waals surface area contributed by atoms with Gasteiger partial charge in [0.15, 0.2) is 0 Å². The van der Waals surface area contributed by atoms with Gasteiger partial charge < -0.3 is 58.9 Å². The number of piperidine rings is 3. The fraction of sp³-hybridized carbons (Fsp3) is 0.529. The molecule has 3 fully saturated rings. The lowest BCUT2D eigenvalue weighted by atomic mass is 9.92. The minimum absolute atomic E-state index is 0.0151. The van der Waals surface area contributed by atoms with E-state index in [1.165, 1.54) is 20.8 Å². The monoisotopic (exact) mass is 1030 g/mol. The molecule has 0 spiro atoms. The molecule has 0 aromatic carbocycles. The fourth-order valence-electron chi connectivity index (χ4n) is 6.17. The van der Waals surface area contributed by atoms with Crippen LogP contribution in [0.2, 0.25) is 0 Å². The van der Waals surface area contributed by atoms with E-state index in [4.69, 9.17) is 82.8 Å². The van der Waals surface area contributed by atoms with Crippen molar-refractivity contribution >= 4 is 68.3 Å². The second kappa shape index (κ2) is 22.9. The summed E-state index contributed by atoms with van der Waals surface area (Å²) in [6, 6.07) is -12.3. The van der Waals surface area contributed by atoms with Gasteiger partial charge in [0.05, 0.1) is 49.3 Å². The van der Waals surface area contributed by atoms with E-state index in [0.29, 0.717) is 0 Å². The maximum absolute atomic E-state index is 13.2. The Balaban J connectivity index is 0.000000248. The van der Waals surface area contributed by atoms with Crippen LogP contribution in [0, 0.1) is 58.2 Å². The van der Waals surface area contributed by atoms with Gasteiger partial charge in [0.1, 0.15) is 65.6 Å². The van der Waals surface area contributed by atoms with Crippen molar-refractivity contribution in [2.24, 2.45) is 17.7 Å². The molecule has 378 valence electrons. The second-order valence-electron chi connectivity index (χ2n) is 14.2. The molecule has 72 heavy (non-hydrogen) atoms. The molecule has 0 saturated carbocycles. The van der Waals surface area contributed by atoms with Crippen LogP contribution in [0.3, 0.4) is 0 Å². The first-order chi connectivity index (χ1) is 53.2. The lowest BCUT2D eigenvalue weighted by Crippen LogP contribution is -2.53. The first-order valence-electron chi connectivity index (χ1n) is 43.8. The topological polar surface area (TPSA) is 208 Å². The molecular weight excluding hydrogens is 913 g/mol. The van der Waals surface area contributed by atoms with Crippen LogP contribution in [-0.4, -0.2) is 175 Å². The predicted octanol–water partition coefficient (Wildman–Crippen LogP) is 5.58. The van der Waals surface area contributed by atoms with Gasteiger partial charge in [-0.2, -0.15) is 0 Å². The molecule has 21 nitrogen and oxygen atoms in total. The summed E-state index contributed by atoms with van der Waals surface area (Å²) in [4.78, 5) is 73.9. The summed E-state index contributed by atoms with van der Waals surface area (Å²) >= 11 is 0. The molecule has 3 amide bonds. The standard InChI is InChI=1S/3C17H22N6O/c3*1-11-5-6-23(15(24)8-18-3)9-14(11)22(4)17-13-7-12(2)21-16(13)19-10-20-17/h3*7,10-11,14H,5-6,8-9H2,1-2,4H3,(H,19,20,21)/t3*11-,14+/m111/s1/i1D3,4D3,5D2,6D2,7D,8D2,9D2,10D,14D;1D3,4D3,5D2,6D2,7D,8D2,9D2,10D,11D;4D3,5D2,6D2,7D,8D2,9D2,10D,14D. The number of carbonyl (C=O) groups is 3. The number of hydrogen-bond acceptors (Lipinski definition) is 12. The summed E-state index contributed by atoms with van der Waals surface area (Å²) in [5, 5.41) is -1.43. The largest absolute Gasteiger partial charge is 0.354 e. The van der Waals surface area contributed by atoms with Crippen LogP contribution in [0.5, 0.6) is 0 Å². The number of amides is 3. The molecule has 21 heteroatoms. The van der Waals surface area contributed by atoms with Gasteiger partial charge in [0.2, 0.25) is 0 Å². The van der Waals surface area contributed by atoms with Crippen molar-refractivity contribution in [2.45, 2.75) is 78.6 Å². The van der Waals surface area contributed by atoms with Gasteiger partial charge in [-0.05, 0) is 75.7 Å². The quantitative estimate of drug-likeness (QED) is 0.152. The van der Waals surface area contributed by atoms with Gasteiger partial charge >= 0.3 is 17.7 Å². The third kappa shape index (κ3) is 11.5. The Morgan fingerprint density at radius 3 is 1.43 bits per heavy atom. The molecule has 9 heterocycles. The molecule has 9 rings (SSSR count). The van der Waals surface area contributed by atoms with E-state index in [2.05, 4.69) is 59.4 Å². The smallest absolute Gasteiger partial charge is 0.302 e. The first kappa shape index (κ1) is 18.3. The number of nitrogens with one attached hydrogen (secondary N) is 3. The van der Waals surface area contributed by atoms with Crippen molar-refractivity contribution < 1.29 is 80.2 Å². The first-order valence-corrected chi connectivity index (χ1v) is 19.8. The van der Waals surface area contributed by atoms with Gasteiger partial charge in [-0.25, -0.2) is 49.6 Å². The van der Waals surface area contributed by atoms with Crippen molar-refractivity contribution in [2.75, 3.05) is 94.1 Å². The van der Waals surface area contributed by atoms with Crippen LogP contribution in [0.1, 0.15) is 123 Å². The van der Waals surface area contributed by atoms with Crippen molar-refractivity contribution in [3.8, 4) is 0 Å². The lowest BCUT2D eigenvalue weighted by molar-refractivity contribution is -0.131. The Kier molecular flexibility index (Phi) is 5.83. The SMILES string of the molecule is [2H]c1nc(N(C([2H])([2H])[2H])[C@]2([2H])[C@H](C([2H])([2H])[2H])C([2H])([2H])C([2H])([2H])N(C(=O)C([2H])([2H])[N+]#[C-])C2([2H])[2H])c2c([2H])c(C)[nH]c2n1.[2H]c1nc(N(C([2H])([2H])[2H])[C@]2([2H])[C@H](C)C([2H])([2H])C([2H])([2H])N(C(=O)C([2H])([2H])[N+]#[C-])C2([2H])[2H])c2c([2H])c(C)[nH]c2n1.[2H]c1nc(N([C@H]2C([2H])([2H])N(C(=O)C([2H])([2H])[N+]#[C-])C([2H])([2H])C([2H])([2H])[C@@]2([2H])C([2H])([2H])[2H])C([2H])([2H])[2H])c2c([2H])c(C)[nH]c2n1. The van der Waals surface area contributed by atoms with Crippen molar-refractivity contribution in [3.05, 3.63) is 88.4 Å². The molecule has 0 radical (unpaired) electrons. The van der Waals surface area contributed by atoms with Crippen LogP contribution >= 0.6 is 0 Å². The third-order valence-electron chi connectivity index (χ3n) is 9.32. The Morgan fingerprint density at radius 1 is 0.639 bits per heavy atom. The molecule has 0 unspecified atom stereocenters. The van der Waals surface area contributed by atoms with E-state index in [1.807, 2.05) is 0 Å². The van der Waals surface area contributed by atoms with E-state index >= 15 is 0 Å². The number of aryl methyl sites for hydroxylation is 3. The summed E-state index contributed by atoms with van der Waals surface area (Å²) in [5.74, 6) is -19.5. The zero-order valence-electron chi connectivity index (χ0n) is 85.2. The highest BCUT2D eigenvalue weighted by atomic mass is 16.2. The van der Waals surface area contributed by atoms with Gasteiger partial charge in [0, 0.05) is 115 Å². The Hall–Kier alpha value is -7.86. The van der Waals surface area contributed by atoms with Gasteiger partial charge in [-0.15, -0.1) is 0 Å². The van der Waals surface area contributed by atoms with Crippen LogP contribution in [0.4, 0.5) is 17.5 Å². The molecule has 6 aromatic heterocycles. The van der Waals surface area contributed by atoms with Crippen LogP contribution in [0.25, 0.3) is 47.6 Å². The number of H-pyrrole nitrogens is 3. The number of anilines is 3. The Labute approximate surface area is 488 Å². The summed E-state index contributed by atoms with van der Waals surface area (Å²) in [7, 11) is 0. The molecule has 0 aliphatic carbocycles. The van der Waals surface area contributed by atoms with Crippen molar-refractivity contribution in [1.82, 2.24) is 59.6 Å². The number of aromatic amines is 3. The number of hydrogen-bond donors (Lipinski definition) is 3. The number of likely N-dealkylation sites (N-methyl/N-ethyl adjacent to an activating group) is 3. The average Bonchev–Trinajstić information content (AvgIpc) is 1.80. The van der Waals surface area contributed by atoms with E-state index in [0.717, 1.165) is 6.92 Å². The zero-order valence-corrected chi connectivity index (χ0v) is 37.2. The highest BCUT2D eigenvalue weighted by Crippen LogP contribution is 2.32. The molecule has 6 atom stereocenters. The lowest BCUT2D eigenvalue weighted by Gasteiger charge is -2.41. The summed E-state index contributed by atoms with van der Waals surface area (Å²) in [5.41, 5.74) is -0.719. The number of fused-ring (bicyclic) bond motifs is 3. The highest BCUT2D eigenvalue weighted by Gasteiger charge is 2.36. The Bertz CT molecular complexity index is 5230. The molecule has 3 saturated heterocycles. The third-order valence-corrected chi connectivity index (χ3v) is 9.32. The fourth-order valence-corrected chi connectivity index (χ4v) is 6.17. The minimum Gasteiger partial charge on any atom is -0.354 e. The van der Waals surface area contributed by atoms with E-state index in [1.54, 1.807) is 0 Å². The number of aromatic nitrogens is 9. The van der Waals surface area contributed by atoms with Gasteiger partial charge in [-0.3, -0.25) is 14.4 Å². The minimum atomic E-state index is -4.25. The van der Waals surface area contributed by atoms with Crippen LogP contribution < -0.4 is 14.7 Å². The average molecular weight is 1030 g/mol. The summed E-state index contributed by atoms with van der Waals surface area (Å²) < 4.78 is 397. The van der Waals surface area contributed by atoms with Crippen molar-refractivity contribution in [3.63, 3.8) is 0 Å². The molecule has 6 aromatic rings. The summed E-state index contributed by atoms with van der Waals surface area (Å²) in [6.45, 7) is -28.5. The Morgan fingerprint density at radius 2 is 1.03 bits per heavy atom. The molecule has 3 N–H and O–H groups in total. The normalized spacial score (nSPS) is 41.5. The number of rotatable bonds is 9. The predicted molar refractivity (Wildman–Crippen MR) is 278 cm³/mol. The number of carbonyl (C=O) groups excluding carboxylic acids is 3. The maximum atomic E-state index is 13.2. The molecular formula is C51H66N18O3.